The molecule has 1 saturated heterocycles. The number of hydrogen-bond donors (Lipinski definition) is 2. The molecule has 0 aromatic carbocycles. The molecular weight excluding hydrogens is 236 g/mol. The van der Waals surface area contributed by atoms with E-state index in [1.54, 1.807) is 0 Å². The second-order valence-corrected chi connectivity index (χ2v) is 7.78. The molecule has 0 spiro atoms. The number of aliphatic hydroxyl groups excluding tert-OH is 1. The predicted molar refractivity (Wildman–Crippen MR) is 80.3 cm³/mol. The molecule has 0 bridgehead atoms. The quantitative estimate of drug-likeness (QED) is 0.664. The Bertz CT molecular complexity index is 288. The molecule has 0 aromatic heterocycles. The van der Waals surface area contributed by atoms with Crippen molar-refractivity contribution >= 4 is 0 Å². The Balaban J connectivity index is 1.60. The lowest BCUT2D eigenvalue weighted by Gasteiger charge is -2.29. The van der Waals surface area contributed by atoms with Gasteiger partial charge < -0.3 is 15.3 Å². The van der Waals surface area contributed by atoms with E-state index in [4.69, 9.17) is 0 Å². The standard InChI is InChI=1S/C16H32N2O/c1-15(2)9-11-18(12-15)10-5-4-8-16(3,13-19)17-14-6-7-14/h14,17,19H,4-13H2,1-3H3. The van der Waals surface area contributed by atoms with Gasteiger partial charge in [-0.05, 0) is 57.5 Å². The summed E-state index contributed by atoms with van der Waals surface area (Å²) in [5.74, 6) is 0. The molecule has 0 radical (unpaired) electrons. The Kier molecular flexibility index (Phi) is 4.91. The minimum atomic E-state index is -0.0502. The largest absolute Gasteiger partial charge is 0.394 e. The van der Waals surface area contributed by atoms with Crippen molar-refractivity contribution in [2.45, 2.75) is 70.9 Å². The topological polar surface area (TPSA) is 35.5 Å². The van der Waals surface area contributed by atoms with Crippen LogP contribution in [0.1, 0.15) is 59.3 Å². The van der Waals surface area contributed by atoms with Crippen LogP contribution < -0.4 is 5.32 Å². The van der Waals surface area contributed by atoms with Gasteiger partial charge in [0.2, 0.25) is 0 Å². The number of unbranched alkanes of at least 4 members (excludes halogenated alkanes) is 1. The van der Waals surface area contributed by atoms with Crippen LogP contribution in [0.5, 0.6) is 0 Å². The van der Waals surface area contributed by atoms with E-state index < -0.39 is 0 Å². The lowest BCUT2D eigenvalue weighted by molar-refractivity contribution is 0.159. The normalized spacial score (nSPS) is 26.5. The lowest BCUT2D eigenvalue weighted by atomic mass is 9.93. The van der Waals surface area contributed by atoms with Crippen LogP contribution in [0.15, 0.2) is 0 Å². The van der Waals surface area contributed by atoms with Crippen LogP contribution in [-0.2, 0) is 0 Å². The van der Waals surface area contributed by atoms with Crippen LogP contribution in [0.25, 0.3) is 0 Å². The zero-order valence-corrected chi connectivity index (χ0v) is 13.0. The second kappa shape index (κ2) is 6.11. The van der Waals surface area contributed by atoms with E-state index in [9.17, 15) is 5.11 Å². The fourth-order valence-electron chi connectivity index (χ4n) is 3.18. The van der Waals surface area contributed by atoms with Gasteiger partial charge in [-0.2, -0.15) is 0 Å². The molecule has 19 heavy (non-hydrogen) atoms. The summed E-state index contributed by atoms with van der Waals surface area (Å²) in [4.78, 5) is 2.60. The summed E-state index contributed by atoms with van der Waals surface area (Å²) >= 11 is 0. The fraction of sp³-hybridized carbons (Fsp3) is 1.00. The van der Waals surface area contributed by atoms with Crippen LogP contribution in [-0.4, -0.2) is 47.8 Å². The van der Waals surface area contributed by atoms with Crippen molar-refractivity contribution in [1.82, 2.24) is 10.2 Å². The molecule has 3 heteroatoms. The summed E-state index contributed by atoms with van der Waals surface area (Å²) in [5, 5.41) is 13.2. The summed E-state index contributed by atoms with van der Waals surface area (Å²) < 4.78 is 0. The van der Waals surface area contributed by atoms with Gasteiger partial charge in [-0.15, -0.1) is 0 Å². The molecule has 1 atom stereocenters. The van der Waals surface area contributed by atoms with Gasteiger partial charge >= 0.3 is 0 Å². The Hall–Kier alpha value is -0.120. The van der Waals surface area contributed by atoms with E-state index >= 15 is 0 Å². The highest BCUT2D eigenvalue weighted by Crippen LogP contribution is 2.29. The Morgan fingerprint density at radius 2 is 2.05 bits per heavy atom. The number of nitrogens with zero attached hydrogens (tertiary/aromatic N) is 1. The maximum absolute atomic E-state index is 9.57. The minimum absolute atomic E-state index is 0.0502. The average molecular weight is 268 g/mol. The highest BCUT2D eigenvalue weighted by Gasteiger charge is 2.32. The third-order valence-corrected chi connectivity index (χ3v) is 4.69. The van der Waals surface area contributed by atoms with Gasteiger partial charge in [-0.25, -0.2) is 0 Å². The maximum Gasteiger partial charge on any atom is 0.0610 e. The first kappa shape index (κ1) is 15.3. The Morgan fingerprint density at radius 1 is 1.32 bits per heavy atom. The van der Waals surface area contributed by atoms with Crippen molar-refractivity contribution in [1.29, 1.82) is 0 Å². The fourth-order valence-corrected chi connectivity index (χ4v) is 3.18. The molecule has 1 aliphatic heterocycles. The summed E-state index contributed by atoms with van der Waals surface area (Å²) in [6.45, 7) is 10.9. The summed E-state index contributed by atoms with van der Waals surface area (Å²) in [7, 11) is 0. The molecule has 0 aromatic rings. The first-order chi connectivity index (χ1) is 8.92. The lowest BCUT2D eigenvalue weighted by Crippen LogP contribution is -2.47. The van der Waals surface area contributed by atoms with Crippen LogP contribution in [0.2, 0.25) is 0 Å². The van der Waals surface area contributed by atoms with E-state index in [-0.39, 0.29) is 12.1 Å². The number of hydrogen-bond acceptors (Lipinski definition) is 3. The van der Waals surface area contributed by atoms with E-state index in [0.717, 1.165) is 6.42 Å². The van der Waals surface area contributed by atoms with Crippen LogP contribution in [0.4, 0.5) is 0 Å². The van der Waals surface area contributed by atoms with Gasteiger partial charge in [0.1, 0.15) is 0 Å². The highest BCUT2D eigenvalue weighted by molar-refractivity contribution is 4.92. The Labute approximate surface area is 118 Å². The minimum Gasteiger partial charge on any atom is -0.394 e. The first-order valence-corrected chi connectivity index (χ1v) is 8.03. The van der Waals surface area contributed by atoms with Gasteiger partial charge in [0, 0.05) is 18.1 Å². The van der Waals surface area contributed by atoms with Gasteiger partial charge in [-0.1, -0.05) is 20.3 Å². The third kappa shape index (κ3) is 5.05. The SMILES string of the molecule is CC1(C)CCN(CCCCC(C)(CO)NC2CC2)C1. The number of rotatable bonds is 8. The molecule has 2 rings (SSSR count). The van der Waals surface area contributed by atoms with Gasteiger partial charge in [0.25, 0.3) is 0 Å². The van der Waals surface area contributed by atoms with Crippen molar-refractivity contribution in [2.75, 3.05) is 26.2 Å². The van der Waals surface area contributed by atoms with Crippen molar-refractivity contribution < 1.29 is 5.11 Å². The van der Waals surface area contributed by atoms with Gasteiger partial charge in [-0.3, -0.25) is 0 Å². The zero-order chi connectivity index (χ0) is 13.9. The molecule has 1 heterocycles. The van der Waals surface area contributed by atoms with Crippen LogP contribution in [0.3, 0.4) is 0 Å². The second-order valence-electron chi connectivity index (χ2n) is 7.78. The van der Waals surface area contributed by atoms with Crippen molar-refractivity contribution in [3.8, 4) is 0 Å². The molecule has 2 fully saturated rings. The smallest absolute Gasteiger partial charge is 0.0610 e. The van der Waals surface area contributed by atoms with Crippen LogP contribution >= 0.6 is 0 Å². The number of likely N-dealkylation sites (tertiary alicyclic amines) is 1. The molecule has 1 saturated carbocycles. The highest BCUT2D eigenvalue weighted by atomic mass is 16.3. The number of nitrogens with one attached hydrogen (secondary N) is 1. The van der Waals surface area contributed by atoms with Gasteiger partial charge in [0.05, 0.1) is 6.61 Å². The molecule has 2 aliphatic rings. The maximum atomic E-state index is 9.57. The molecule has 112 valence electrons. The molecular formula is C16H32N2O. The van der Waals surface area contributed by atoms with Crippen LogP contribution in [0, 0.1) is 5.41 Å². The molecule has 3 nitrogen and oxygen atoms in total. The summed E-state index contributed by atoms with van der Waals surface area (Å²) in [6.07, 6.45) is 7.49. The zero-order valence-electron chi connectivity index (χ0n) is 13.0. The van der Waals surface area contributed by atoms with E-state index in [1.807, 2.05) is 0 Å². The van der Waals surface area contributed by atoms with Crippen molar-refractivity contribution in [3.63, 3.8) is 0 Å². The molecule has 1 unspecified atom stereocenters. The summed E-state index contributed by atoms with van der Waals surface area (Å²) in [6, 6.07) is 0.677. The monoisotopic (exact) mass is 268 g/mol. The summed E-state index contributed by atoms with van der Waals surface area (Å²) in [5.41, 5.74) is 0.471. The Morgan fingerprint density at radius 3 is 2.58 bits per heavy atom. The van der Waals surface area contributed by atoms with Crippen molar-refractivity contribution in [2.24, 2.45) is 5.41 Å². The predicted octanol–water partition coefficient (Wildman–Crippen LogP) is 2.39. The molecule has 2 N–H and O–H groups in total. The van der Waals surface area contributed by atoms with E-state index in [0.29, 0.717) is 11.5 Å². The average Bonchev–Trinajstić information content (AvgIpc) is 3.08. The first-order valence-electron chi connectivity index (χ1n) is 8.03. The third-order valence-electron chi connectivity index (χ3n) is 4.69. The van der Waals surface area contributed by atoms with E-state index in [1.165, 1.54) is 51.7 Å². The molecule has 1 aliphatic carbocycles. The van der Waals surface area contributed by atoms with E-state index in [2.05, 4.69) is 31.0 Å². The van der Waals surface area contributed by atoms with Gasteiger partial charge in [0.15, 0.2) is 0 Å². The molecule has 0 amide bonds. The number of aliphatic hydroxyl groups is 1. The van der Waals surface area contributed by atoms with Crippen molar-refractivity contribution in [3.05, 3.63) is 0 Å².